The van der Waals surface area contributed by atoms with Crippen molar-refractivity contribution in [2.24, 2.45) is 5.73 Å². The van der Waals surface area contributed by atoms with E-state index >= 15 is 0 Å². The molecule has 0 radical (unpaired) electrons. The Morgan fingerprint density at radius 2 is 1.95 bits per heavy atom. The molecule has 1 aliphatic heterocycles. The fourth-order valence-corrected chi connectivity index (χ4v) is 2.79. The number of nitrogens with one attached hydrogen (secondary N) is 1. The molecular weight excluding hydrogens is 236 g/mol. The summed E-state index contributed by atoms with van der Waals surface area (Å²) < 4.78 is 0. The lowest BCUT2D eigenvalue weighted by atomic mass is 10.0. The summed E-state index contributed by atoms with van der Waals surface area (Å²) in [6.07, 6.45) is 2.42. The summed E-state index contributed by atoms with van der Waals surface area (Å²) in [4.78, 5) is 4.75. The van der Waals surface area contributed by atoms with E-state index in [2.05, 4.69) is 36.0 Å². The third-order valence-corrected chi connectivity index (χ3v) is 4.06. The number of anilines is 1. The van der Waals surface area contributed by atoms with E-state index < -0.39 is 0 Å². The van der Waals surface area contributed by atoms with E-state index in [0.29, 0.717) is 6.04 Å². The van der Waals surface area contributed by atoms with Crippen LogP contribution in [0.1, 0.15) is 24.0 Å². The quantitative estimate of drug-likeness (QED) is 0.644. The fourth-order valence-electron chi connectivity index (χ4n) is 2.79. The van der Waals surface area contributed by atoms with E-state index in [4.69, 9.17) is 11.1 Å². The van der Waals surface area contributed by atoms with Gasteiger partial charge in [-0.15, -0.1) is 0 Å². The summed E-state index contributed by atoms with van der Waals surface area (Å²) in [5.41, 5.74) is 8.73. The van der Waals surface area contributed by atoms with Crippen LogP contribution in [0.3, 0.4) is 0 Å². The predicted octanol–water partition coefficient (Wildman–Crippen LogP) is 1.81. The Hall–Kier alpha value is -1.55. The topological polar surface area (TPSA) is 56.4 Å². The van der Waals surface area contributed by atoms with Crippen LogP contribution in [0.2, 0.25) is 0 Å². The lowest BCUT2D eigenvalue weighted by Gasteiger charge is -2.36. The molecule has 104 valence electrons. The van der Waals surface area contributed by atoms with E-state index in [-0.39, 0.29) is 5.84 Å². The van der Waals surface area contributed by atoms with Crippen molar-refractivity contribution >= 4 is 11.5 Å². The molecule has 4 heteroatoms. The van der Waals surface area contributed by atoms with Gasteiger partial charge in [0.25, 0.3) is 0 Å². The maximum Gasteiger partial charge on any atom is 0.123 e. The Morgan fingerprint density at radius 3 is 2.42 bits per heavy atom. The number of hydrogen-bond acceptors (Lipinski definition) is 3. The second kappa shape index (κ2) is 5.61. The van der Waals surface area contributed by atoms with Gasteiger partial charge in [-0.3, -0.25) is 5.41 Å². The van der Waals surface area contributed by atoms with Gasteiger partial charge in [0.15, 0.2) is 0 Å². The number of rotatable bonds is 3. The van der Waals surface area contributed by atoms with Crippen molar-refractivity contribution in [2.75, 3.05) is 32.1 Å². The number of benzene rings is 1. The molecule has 1 heterocycles. The van der Waals surface area contributed by atoms with Crippen LogP contribution in [0, 0.1) is 12.3 Å². The van der Waals surface area contributed by atoms with Crippen molar-refractivity contribution in [1.29, 1.82) is 5.41 Å². The van der Waals surface area contributed by atoms with E-state index in [9.17, 15) is 0 Å². The number of nitrogens with zero attached hydrogens (tertiary/aromatic N) is 2. The minimum Gasteiger partial charge on any atom is -0.384 e. The average molecular weight is 260 g/mol. The standard InChI is InChI=1S/C15H24N4/c1-11-10-13(4-5-14(11)15(16)17)19-8-6-12(7-9-19)18(2)3/h4-5,10,12H,6-9H2,1-3H3,(H3,16,17). The average Bonchev–Trinajstić information content (AvgIpc) is 2.38. The molecular formula is C15H24N4. The molecule has 0 amide bonds. The Bertz CT molecular complexity index is 459. The van der Waals surface area contributed by atoms with E-state index in [1.165, 1.54) is 18.5 Å². The van der Waals surface area contributed by atoms with E-state index in [1.807, 2.05) is 13.0 Å². The highest BCUT2D eigenvalue weighted by molar-refractivity contribution is 5.96. The largest absolute Gasteiger partial charge is 0.384 e. The fraction of sp³-hybridized carbons (Fsp3) is 0.533. The minimum absolute atomic E-state index is 0.148. The van der Waals surface area contributed by atoms with Crippen LogP contribution in [-0.4, -0.2) is 44.0 Å². The molecule has 1 aromatic rings. The summed E-state index contributed by atoms with van der Waals surface area (Å²) >= 11 is 0. The molecule has 0 aliphatic carbocycles. The van der Waals surface area contributed by atoms with Crippen LogP contribution in [0.25, 0.3) is 0 Å². The molecule has 0 bridgehead atoms. The van der Waals surface area contributed by atoms with E-state index in [1.54, 1.807) is 0 Å². The zero-order chi connectivity index (χ0) is 14.0. The highest BCUT2D eigenvalue weighted by Gasteiger charge is 2.21. The molecule has 0 atom stereocenters. The second-order valence-corrected chi connectivity index (χ2v) is 5.59. The van der Waals surface area contributed by atoms with Gasteiger partial charge in [0.2, 0.25) is 0 Å². The SMILES string of the molecule is Cc1cc(N2CCC(N(C)C)CC2)ccc1C(=N)N. The first-order chi connectivity index (χ1) is 8.99. The number of nitrogens with two attached hydrogens (primary N) is 1. The molecule has 0 aromatic heterocycles. The zero-order valence-electron chi connectivity index (χ0n) is 12.1. The molecule has 19 heavy (non-hydrogen) atoms. The summed E-state index contributed by atoms with van der Waals surface area (Å²) in [5, 5.41) is 7.52. The van der Waals surface area contributed by atoms with Crippen molar-refractivity contribution in [2.45, 2.75) is 25.8 Å². The number of nitrogen functional groups attached to an aromatic ring is 1. The third kappa shape index (κ3) is 3.07. The molecule has 0 spiro atoms. The highest BCUT2D eigenvalue weighted by atomic mass is 15.2. The van der Waals surface area contributed by atoms with Crippen LogP contribution in [0.15, 0.2) is 18.2 Å². The molecule has 0 unspecified atom stereocenters. The summed E-state index contributed by atoms with van der Waals surface area (Å²) in [6, 6.07) is 6.89. The van der Waals surface area contributed by atoms with Crippen LogP contribution >= 0.6 is 0 Å². The third-order valence-electron chi connectivity index (χ3n) is 4.06. The maximum atomic E-state index is 7.52. The van der Waals surface area contributed by atoms with Crippen LogP contribution < -0.4 is 10.6 Å². The van der Waals surface area contributed by atoms with Crippen LogP contribution in [0.4, 0.5) is 5.69 Å². The molecule has 4 nitrogen and oxygen atoms in total. The van der Waals surface area contributed by atoms with Crippen molar-refractivity contribution in [3.63, 3.8) is 0 Å². The van der Waals surface area contributed by atoms with Crippen molar-refractivity contribution < 1.29 is 0 Å². The Morgan fingerprint density at radius 1 is 1.32 bits per heavy atom. The predicted molar refractivity (Wildman–Crippen MR) is 81.1 cm³/mol. The van der Waals surface area contributed by atoms with E-state index in [0.717, 1.165) is 24.2 Å². The van der Waals surface area contributed by atoms with Gasteiger partial charge in [0, 0.05) is 30.4 Å². The molecule has 0 saturated carbocycles. The number of aryl methyl sites for hydroxylation is 1. The Balaban J connectivity index is 2.08. The number of hydrogen-bond donors (Lipinski definition) is 2. The molecule has 1 aliphatic rings. The minimum atomic E-state index is 0.148. The van der Waals surface area contributed by atoms with Crippen molar-refractivity contribution in [1.82, 2.24) is 4.90 Å². The summed E-state index contributed by atoms with van der Waals surface area (Å²) in [7, 11) is 4.32. The molecule has 2 rings (SSSR count). The number of amidine groups is 1. The van der Waals surface area contributed by atoms with Gasteiger partial charge < -0.3 is 15.5 Å². The first-order valence-corrected chi connectivity index (χ1v) is 6.85. The highest BCUT2D eigenvalue weighted by Crippen LogP contribution is 2.24. The first-order valence-electron chi connectivity index (χ1n) is 6.85. The van der Waals surface area contributed by atoms with Gasteiger partial charge in [-0.1, -0.05) is 0 Å². The van der Waals surface area contributed by atoms with Gasteiger partial charge in [-0.25, -0.2) is 0 Å². The van der Waals surface area contributed by atoms with Gasteiger partial charge in [-0.2, -0.15) is 0 Å². The van der Waals surface area contributed by atoms with Gasteiger partial charge in [-0.05, 0) is 57.6 Å². The van der Waals surface area contributed by atoms with Crippen molar-refractivity contribution in [3.05, 3.63) is 29.3 Å². The Kier molecular flexibility index (Phi) is 4.10. The molecule has 1 aromatic carbocycles. The monoisotopic (exact) mass is 260 g/mol. The summed E-state index contributed by atoms with van der Waals surface area (Å²) in [6.45, 7) is 4.22. The van der Waals surface area contributed by atoms with Crippen molar-refractivity contribution in [3.8, 4) is 0 Å². The molecule has 1 fully saturated rings. The van der Waals surface area contributed by atoms with Gasteiger partial charge in [0.1, 0.15) is 5.84 Å². The normalized spacial score (nSPS) is 16.9. The van der Waals surface area contributed by atoms with Gasteiger partial charge >= 0.3 is 0 Å². The number of piperidine rings is 1. The molecule has 1 saturated heterocycles. The molecule has 3 N–H and O–H groups in total. The zero-order valence-corrected chi connectivity index (χ0v) is 12.1. The van der Waals surface area contributed by atoms with Gasteiger partial charge in [0.05, 0.1) is 0 Å². The lowest BCUT2D eigenvalue weighted by molar-refractivity contribution is 0.249. The first kappa shape index (κ1) is 13.9. The summed E-state index contributed by atoms with van der Waals surface area (Å²) in [5.74, 6) is 0.148. The van der Waals surface area contributed by atoms with Crippen LogP contribution in [0.5, 0.6) is 0 Å². The van der Waals surface area contributed by atoms with Crippen LogP contribution in [-0.2, 0) is 0 Å². The Labute approximate surface area is 115 Å². The maximum absolute atomic E-state index is 7.52. The second-order valence-electron chi connectivity index (χ2n) is 5.59. The smallest absolute Gasteiger partial charge is 0.123 e. The lowest BCUT2D eigenvalue weighted by Crippen LogP contribution is -2.42.